The van der Waals surface area contributed by atoms with E-state index in [0.29, 0.717) is 19.8 Å². The lowest BCUT2D eigenvalue weighted by atomic mass is 10.0. The van der Waals surface area contributed by atoms with Crippen LogP contribution >= 0.6 is 0 Å². The van der Waals surface area contributed by atoms with Gasteiger partial charge in [0, 0.05) is 6.61 Å². The third-order valence-corrected chi connectivity index (χ3v) is 4.13. The molecule has 2 atom stereocenters. The number of methoxy groups -OCH3 is 1. The molecule has 0 aliphatic rings. The molecule has 0 bridgehead atoms. The molecule has 4 nitrogen and oxygen atoms in total. The standard InChI is InChI=1S/C21H26O4/c1-17(21(14-22)25-16-18-6-4-3-5-7-18)12-13-24-15-19-8-10-20(23-2)11-9-19/h3-11,14,17,21H,12-13,15-16H2,1-2H3/t17-,21+/m1/s1. The monoisotopic (exact) mass is 342 g/mol. The molecule has 0 spiro atoms. The van der Waals surface area contributed by atoms with Gasteiger partial charge in [-0.1, -0.05) is 49.4 Å². The van der Waals surface area contributed by atoms with E-state index in [-0.39, 0.29) is 5.92 Å². The summed E-state index contributed by atoms with van der Waals surface area (Å²) in [6.07, 6.45) is 1.25. The van der Waals surface area contributed by atoms with E-state index in [1.165, 1.54) is 0 Å². The summed E-state index contributed by atoms with van der Waals surface area (Å²) in [6.45, 7) is 3.60. The van der Waals surface area contributed by atoms with Crippen LogP contribution in [0.5, 0.6) is 5.75 Å². The van der Waals surface area contributed by atoms with Gasteiger partial charge in [0.2, 0.25) is 0 Å². The van der Waals surface area contributed by atoms with Gasteiger partial charge in [0.25, 0.3) is 0 Å². The minimum atomic E-state index is -0.412. The van der Waals surface area contributed by atoms with E-state index < -0.39 is 6.10 Å². The van der Waals surface area contributed by atoms with Crippen molar-refractivity contribution >= 4 is 6.29 Å². The van der Waals surface area contributed by atoms with E-state index in [1.807, 2.05) is 61.5 Å². The molecular weight excluding hydrogens is 316 g/mol. The minimum absolute atomic E-state index is 0.108. The molecule has 0 aliphatic heterocycles. The molecule has 0 saturated heterocycles. The molecule has 0 aliphatic carbocycles. The molecule has 2 aromatic carbocycles. The van der Waals surface area contributed by atoms with Gasteiger partial charge >= 0.3 is 0 Å². The highest BCUT2D eigenvalue weighted by Gasteiger charge is 2.17. The van der Waals surface area contributed by atoms with Gasteiger partial charge in [-0.25, -0.2) is 0 Å². The molecule has 134 valence electrons. The highest BCUT2D eigenvalue weighted by atomic mass is 16.5. The first-order valence-corrected chi connectivity index (χ1v) is 8.54. The summed E-state index contributed by atoms with van der Waals surface area (Å²) in [5, 5.41) is 0. The van der Waals surface area contributed by atoms with Gasteiger partial charge in [-0.15, -0.1) is 0 Å². The lowest BCUT2D eigenvalue weighted by molar-refractivity contribution is -0.122. The predicted octanol–water partition coefficient (Wildman–Crippen LogP) is 4.02. The van der Waals surface area contributed by atoms with Gasteiger partial charge in [-0.2, -0.15) is 0 Å². The molecule has 0 heterocycles. The maximum atomic E-state index is 11.3. The fourth-order valence-electron chi connectivity index (χ4n) is 2.45. The van der Waals surface area contributed by atoms with E-state index in [0.717, 1.165) is 29.6 Å². The molecular formula is C21H26O4. The highest BCUT2D eigenvalue weighted by molar-refractivity contribution is 5.56. The van der Waals surface area contributed by atoms with E-state index in [1.54, 1.807) is 7.11 Å². The Labute approximate surface area is 149 Å². The van der Waals surface area contributed by atoms with E-state index in [2.05, 4.69) is 0 Å². The Balaban J connectivity index is 1.68. The lowest BCUT2D eigenvalue weighted by Crippen LogP contribution is -2.24. The Bertz CT molecular complexity index is 610. The molecule has 0 aromatic heterocycles. The fourth-order valence-corrected chi connectivity index (χ4v) is 2.45. The molecule has 4 heteroatoms. The smallest absolute Gasteiger partial charge is 0.149 e. The molecule has 0 unspecified atom stereocenters. The van der Waals surface area contributed by atoms with Crippen LogP contribution in [0.4, 0.5) is 0 Å². The van der Waals surface area contributed by atoms with Gasteiger partial charge in [0.15, 0.2) is 0 Å². The number of carbonyl (C=O) groups excluding carboxylic acids is 1. The van der Waals surface area contributed by atoms with Crippen molar-refractivity contribution in [2.24, 2.45) is 5.92 Å². The SMILES string of the molecule is COc1ccc(COCC[C@@H](C)[C@H](C=O)OCc2ccccc2)cc1. The normalized spacial score (nSPS) is 13.2. The minimum Gasteiger partial charge on any atom is -0.497 e. The number of benzene rings is 2. The van der Waals surface area contributed by atoms with Crippen LogP contribution in [-0.4, -0.2) is 26.1 Å². The van der Waals surface area contributed by atoms with Crippen LogP contribution in [-0.2, 0) is 27.5 Å². The average molecular weight is 342 g/mol. The Morgan fingerprint density at radius 2 is 1.64 bits per heavy atom. The highest BCUT2D eigenvalue weighted by Crippen LogP contribution is 2.15. The molecule has 2 aromatic rings. The number of aldehydes is 1. The molecule has 0 fully saturated rings. The van der Waals surface area contributed by atoms with E-state index in [4.69, 9.17) is 14.2 Å². The summed E-state index contributed by atoms with van der Waals surface area (Å²) in [7, 11) is 1.65. The first-order chi connectivity index (χ1) is 12.2. The van der Waals surface area contributed by atoms with Crippen molar-refractivity contribution in [1.29, 1.82) is 0 Å². The Morgan fingerprint density at radius 1 is 0.960 bits per heavy atom. The largest absolute Gasteiger partial charge is 0.497 e. The fraction of sp³-hybridized carbons (Fsp3) is 0.381. The summed E-state index contributed by atoms with van der Waals surface area (Å²) in [5.74, 6) is 0.943. The van der Waals surface area contributed by atoms with Crippen molar-refractivity contribution in [3.8, 4) is 5.75 Å². The van der Waals surface area contributed by atoms with Gasteiger partial charge in [0.1, 0.15) is 18.1 Å². The second-order valence-electron chi connectivity index (χ2n) is 6.06. The van der Waals surface area contributed by atoms with Crippen LogP contribution < -0.4 is 4.74 Å². The van der Waals surface area contributed by atoms with Crippen molar-refractivity contribution < 1.29 is 19.0 Å². The molecule has 0 N–H and O–H groups in total. The summed E-state index contributed by atoms with van der Waals surface area (Å²) in [6, 6.07) is 17.7. The first-order valence-electron chi connectivity index (χ1n) is 8.54. The number of carbonyl (C=O) groups is 1. The maximum absolute atomic E-state index is 11.3. The van der Waals surface area contributed by atoms with Crippen LogP contribution in [0.15, 0.2) is 54.6 Å². The average Bonchev–Trinajstić information content (AvgIpc) is 2.67. The van der Waals surface area contributed by atoms with Crippen molar-refractivity contribution in [1.82, 2.24) is 0 Å². The van der Waals surface area contributed by atoms with Crippen LogP contribution in [0.3, 0.4) is 0 Å². The quantitative estimate of drug-likeness (QED) is 0.457. The number of hydrogen-bond acceptors (Lipinski definition) is 4. The second kappa shape index (κ2) is 10.6. The summed E-state index contributed by atoms with van der Waals surface area (Å²) in [4.78, 5) is 11.3. The molecule has 2 rings (SSSR count). The molecule has 0 amide bonds. The van der Waals surface area contributed by atoms with Crippen LogP contribution in [0.25, 0.3) is 0 Å². The number of hydrogen-bond donors (Lipinski definition) is 0. The summed E-state index contributed by atoms with van der Waals surface area (Å²) in [5.41, 5.74) is 2.16. The van der Waals surface area contributed by atoms with Crippen molar-refractivity contribution in [2.45, 2.75) is 32.7 Å². The number of rotatable bonds is 11. The number of ether oxygens (including phenoxy) is 3. The van der Waals surface area contributed by atoms with Gasteiger partial charge in [0.05, 0.1) is 20.3 Å². The van der Waals surface area contributed by atoms with Gasteiger partial charge in [-0.05, 0) is 35.6 Å². The zero-order chi connectivity index (χ0) is 17.9. The zero-order valence-corrected chi connectivity index (χ0v) is 14.9. The van der Waals surface area contributed by atoms with Crippen molar-refractivity contribution in [3.63, 3.8) is 0 Å². The Kier molecular flexibility index (Phi) is 8.16. The molecule has 0 saturated carbocycles. The lowest BCUT2D eigenvalue weighted by Gasteiger charge is -2.19. The molecule has 0 radical (unpaired) electrons. The van der Waals surface area contributed by atoms with E-state index in [9.17, 15) is 4.79 Å². The van der Waals surface area contributed by atoms with Gasteiger partial charge in [-0.3, -0.25) is 0 Å². The third-order valence-electron chi connectivity index (χ3n) is 4.13. The Hall–Kier alpha value is -2.17. The molecule has 25 heavy (non-hydrogen) atoms. The Morgan fingerprint density at radius 3 is 2.28 bits per heavy atom. The van der Waals surface area contributed by atoms with Crippen molar-refractivity contribution in [2.75, 3.05) is 13.7 Å². The van der Waals surface area contributed by atoms with Crippen LogP contribution in [0.2, 0.25) is 0 Å². The maximum Gasteiger partial charge on any atom is 0.149 e. The summed E-state index contributed by atoms with van der Waals surface area (Å²) < 4.78 is 16.6. The van der Waals surface area contributed by atoms with Gasteiger partial charge < -0.3 is 19.0 Å². The third kappa shape index (κ3) is 6.69. The van der Waals surface area contributed by atoms with Crippen LogP contribution in [0.1, 0.15) is 24.5 Å². The summed E-state index contributed by atoms with van der Waals surface area (Å²) >= 11 is 0. The zero-order valence-electron chi connectivity index (χ0n) is 14.9. The van der Waals surface area contributed by atoms with Crippen LogP contribution in [0, 0.1) is 5.92 Å². The van der Waals surface area contributed by atoms with E-state index >= 15 is 0 Å². The predicted molar refractivity (Wildman–Crippen MR) is 97.5 cm³/mol. The topological polar surface area (TPSA) is 44.8 Å². The second-order valence-corrected chi connectivity index (χ2v) is 6.06. The van der Waals surface area contributed by atoms with Crippen molar-refractivity contribution in [3.05, 3.63) is 65.7 Å². The first kappa shape index (κ1) is 19.2.